The number of sulfonamides is 1. The first-order chi connectivity index (χ1) is 5.96. The van der Waals surface area contributed by atoms with Crippen LogP contribution in [0.25, 0.3) is 0 Å². The number of halogens is 1. The third kappa shape index (κ3) is 3.83. The van der Waals surface area contributed by atoms with Crippen LogP contribution in [0.2, 0.25) is 0 Å². The molecule has 0 rings (SSSR count). The van der Waals surface area contributed by atoms with Gasteiger partial charge in [0.15, 0.2) is 0 Å². The van der Waals surface area contributed by atoms with E-state index >= 15 is 0 Å². The molecule has 13 heavy (non-hydrogen) atoms. The molecule has 0 aromatic rings. The molecule has 0 unspecified atom stereocenters. The maximum Gasteiger partial charge on any atom is 0.216 e. The average Bonchev–Trinajstić information content (AvgIpc) is 2.05. The Morgan fingerprint density at radius 2 is 1.92 bits per heavy atom. The Bertz CT molecular complexity index is 226. The Balaban J connectivity index is 4.39. The van der Waals surface area contributed by atoms with Crippen molar-refractivity contribution in [2.24, 2.45) is 0 Å². The van der Waals surface area contributed by atoms with Gasteiger partial charge in [-0.05, 0) is 20.3 Å². The molecular weight excluding hydrogens is 210 g/mol. The van der Waals surface area contributed by atoms with Crippen LogP contribution in [0.15, 0.2) is 0 Å². The summed E-state index contributed by atoms with van der Waals surface area (Å²) >= 11 is 5.51. The van der Waals surface area contributed by atoms with Crippen LogP contribution in [0.5, 0.6) is 0 Å². The highest BCUT2D eigenvalue weighted by atomic mass is 35.5. The van der Waals surface area contributed by atoms with E-state index in [1.165, 1.54) is 4.31 Å². The van der Waals surface area contributed by atoms with E-state index in [2.05, 4.69) is 0 Å². The molecule has 80 valence electrons. The number of hydrogen-bond donors (Lipinski definition) is 0. The van der Waals surface area contributed by atoms with Crippen LogP contribution in [0, 0.1) is 0 Å². The van der Waals surface area contributed by atoms with Gasteiger partial charge in [-0.2, -0.15) is 0 Å². The van der Waals surface area contributed by atoms with Crippen LogP contribution in [-0.2, 0) is 10.0 Å². The Kier molecular flexibility index (Phi) is 5.92. The van der Waals surface area contributed by atoms with Crippen molar-refractivity contribution < 1.29 is 8.42 Å². The Morgan fingerprint density at radius 1 is 1.38 bits per heavy atom. The van der Waals surface area contributed by atoms with Crippen molar-refractivity contribution in [3.05, 3.63) is 0 Å². The van der Waals surface area contributed by atoms with E-state index in [0.717, 1.165) is 0 Å². The minimum absolute atomic E-state index is 0.345. The molecule has 0 N–H and O–H groups in total. The van der Waals surface area contributed by atoms with Gasteiger partial charge in [0.1, 0.15) is 0 Å². The summed E-state index contributed by atoms with van der Waals surface area (Å²) in [4.78, 5) is 0. The molecule has 0 atom stereocenters. The molecule has 0 spiro atoms. The SMILES string of the molecule is CCN(CCCCl)S(=O)(=O)C(C)C. The maximum atomic E-state index is 11.7. The molecule has 0 aromatic heterocycles. The summed E-state index contributed by atoms with van der Waals surface area (Å²) in [5, 5.41) is -0.345. The second kappa shape index (κ2) is 5.83. The van der Waals surface area contributed by atoms with Gasteiger partial charge in [-0.15, -0.1) is 11.6 Å². The Morgan fingerprint density at radius 3 is 2.23 bits per heavy atom. The number of alkyl halides is 1. The van der Waals surface area contributed by atoms with Gasteiger partial charge in [0, 0.05) is 19.0 Å². The van der Waals surface area contributed by atoms with Gasteiger partial charge in [0.05, 0.1) is 5.25 Å². The number of nitrogens with zero attached hydrogens (tertiary/aromatic N) is 1. The van der Waals surface area contributed by atoms with E-state index in [1.54, 1.807) is 13.8 Å². The molecule has 0 aromatic carbocycles. The van der Waals surface area contributed by atoms with Gasteiger partial charge in [-0.25, -0.2) is 12.7 Å². The minimum Gasteiger partial charge on any atom is -0.212 e. The molecule has 0 heterocycles. The summed E-state index contributed by atoms with van der Waals surface area (Å²) < 4.78 is 24.8. The fourth-order valence-corrected chi connectivity index (χ4v) is 2.46. The van der Waals surface area contributed by atoms with Crippen molar-refractivity contribution in [3.63, 3.8) is 0 Å². The van der Waals surface area contributed by atoms with Crippen molar-refractivity contribution in [1.29, 1.82) is 0 Å². The zero-order chi connectivity index (χ0) is 10.5. The normalized spacial score (nSPS) is 12.8. The molecule has 0 bridgehead atoms. The average molecular weight is 228 g/mol. The van der Waals surface area contributed by atoms with Crippen LogP contribution in [0.3, 0.4) is 0 Å². The van der Waals surface area contributed by atoms with Crippen LogP contribution in [-0.4, -0.2) is 36.9 Å². The molecule has 3 nitrogen and oxygen atoms in total. The number of rotatable bonds is 6. The first-order valence-electron chi connectivity index (χ1n) is 4.51. The van der Waals surface area contributed by atoms with E-state index < -0.39 is 10.0 Å². The molecule has 0 aliphatic carbocycles. The van der Waals surface area contributed by atoms with Crippen LogP contribution in [0.4, 0.5) is 0 Å². The fourth-order valence-electron chi connectivity index (χ4n) is 1.000. The second-order valence-corrected chi connectivity index (χ2v) is 6.00. The largest absolute Gasteiger partial charge is 0.216 e. The maximum absolute atomic E-state index is 11.7. The number of hydrogen-bond acceptors (Lipinski definition) is 2. The highest BCUT2D eigenvalue weighted by molar-refractivity contribution is 7.89. The second-order valence-electron chi connectivity index (χ2n) is 3.13. The molecule has 0 amide bonds. The van der Waals surface area contributed by atoms with Crippen molar-refractivity contribution >= 4 is 21.6 Å². The van der Waals surface area contributed by atoms with E-state index in [9.17, 15) is 8.42 Å². The molecule has 0 fully saturated rings. The molecule has 0 aliphatic rings. The lowest BCUT2D eigenvalue weighted by Gasteiger charge is -2.22. The van der Waals surface area contributed by atoms with E-state index in [-0.39, 0.29) is 5.25 Å². The van der Waals surface area contributed by atoms with Crippen molar-refractivity contribution in [2.45, 2.75) is 32.4 Å². The van der Waals surface area contributed by atoms with Crippen LogP contribution in [0.1, 0.15) is 27.2 Å². The van der Waals surface area contributed by atoms with E-state index in [4.69, 9.17) is 11.6 Å². The third-order valence-corrected chi connectivity index (χ3v) is 4.47. The molecular formula is C8H18ClNO2S. The predicted molar refractivity (Wildman–Crippen MR) is 56.6 cm³/mol. The lowest BCUT2D eigenvalue weighted by Crippen LogP contribution is -2.37. The first-order valence-corrected chi connectivity index (χ1v) is 6.55. The van der Waals surface area contributed by atoms with Crippen molar-refractivity contribution in [2.75, 3.05) is 19.0 Å². The predicted octanol–water partition coefficient (Wildman–Crippen LogP) is 1.68. The summed E-state index contributed by atoms with van der Waals surface area (Å²) in [6.45, 7) is 6.28. The zero-order valence-electron chi connectivity index (χ0n) is 8.46. The summed E-state index contributed by atoms with van der Waals surface area (Å²) in [5.41, 5.74) is 0. The minimum atomic E-state index is -3.09. The topological polar surface area (TPSA) is 37.4 Å². The van der Waals surface area contributed by atoms with Gasteiger partial charge in [0.2, 0.25) is 10.0 Å². The molecule has 0 saturated heterocycles. The van der Waals surface area contributed by atoms with Gasteiger partial charge in [-0.3, -0.25) is 0 Å². The summed E-state index contributed by atoms with van der Waals surface area (Å²) in [6, 6.07) is 0. The zero-order valence-corrected chi connectivity index (χ0v) is 10.0. The standard InChI is InChI=1S/C8H18ClNO2S/c1-4-10(7-5-6-9)13(11,12)8(2)3/h8H,4-7H2,1-3H3. The van der Waals surface area contributed by atoms with Gasteiger partial charge in [0.25, 0.3) is 0 Å². The molecule has 0 saturated carbocycles. The Hall–Kier alpha value is 0.200. The summed E-state index contributed by atoms with van der Waals surface area (Å²) in [5.74, 6) is 0.504. The monoisotopic (exact) mass is 227 g/mol. The van der Waals surface area contributed by atoms with Gasteiger partial charge < -0.3 is 0 Å². The highest BCUT2D eigenvalue weighted by Crippen LogP contribution is 2.08. The van der Waals surface area contributed by atoms with Crippen molar-refractivity contribution in [3.8, 4) is 0 Å². The summed E-state index contributed by atoms with van der Waals surface area (Å²) in [7, 11) is -3.09. The van der Waals surface area contributed by atoms with E-state index in [0.29, 0.717) is 25.4 Å². The smallest absolute Gasteiger partial charge is 0.212 e. The van der Waals surface area contributed by atoms with Gasteiger partial charge >= 0.3 is 0 Å². The molecule has 5 heteroatoms. The van der Waals surface area contributed by atoms with Gasteiger partial charge in [-0.1, -0.05) is 6.92 Å². The first kappa shape index (κ1) is 13.2. The third-order valence-electron chi connectivity index (χ3n) is 1.85. The lowest BCUT2D eigenvalue weighted by atomic mass is 10.5. The van der Waals surface area contributed by atoms with E-state index in [1.807, 2.05) is 6.92 Å². The highest BCUT2D eigenvalue weighted by Gasteiger charge is 2.23. The van der Waals surface area contributed by atoms with Crippen LogP contribution < -0.4 is 0 Å². The summed E-state index contributed by atoms with van der Waals surface area (Å²) in [6.07, 6.45) is 0.710. The Labute approximate surface area is 86.1 Å². The van der Waals surface area contributed by atoms with Crippen molar-refractivity contribution in [1.82, 2.24) is 4.31 Å². The van der Waals surface area contributed by atoms with Crippen LogP contribution >= 0.6 is 11.6 Å². The molecule has 0 radical (unpaired) electrons. The molecule has 0 aliphatic heterocycles. The quantitative estimate of drug-likeness (QED) is 0.648. The lowest BCUT2D eigenvalue weighted by molar-refractivity contribution is 0.422. The fraction of sp³-hybridized carbons (Fsp3) is 1.00.